The first-order valence-electron chi connectivity index (χ1n) is 15.2. The molecule has 43 heavy (non-hydrogen) atoms. The molecular formula is C34H43N3O5S. The number of carbonyl (C=O) groups excluding carboxylic acids is 2. The summed E-state index contributed by atoms with van der Waals surface area (Å²) in [5.74, 6) is -0.0249. The van der Waals surface area contributed by atoms with Gasteiger partial charge in [0.05, 0.1) is 17.2 Å². The zero-order valence-corrected chi connectivity index (χ0v) is 26.2. The highest BCUT2D eigenvalue weighted by Crippen LogP contribution is 2.27. The summed E-state index contributed by atoms with van der Waals surface area (Å²) in [5, 5.41) is 3.15. The number of nitrogens with zero attached hydrogens (tertiary/aromatic N) is 2. The Kier molecular flexibility index (Phi) is 11.2. The Morgan fingerprint density at radius 1 is 0.930 bits per heavy atom. The van der Waals surface area contributed by atoms with Gasteiger partial charge in [0.1, 0.15) is 18.3 Å². The number of hydrogen-bond acceptors (Lipinski definition) is 5. The van der Waals surface area contributed by atoms with Gasteiger partial charge in [0.15, 0.2) is 0 Å². The van der Waals surface area contributed by atoms with E-state index in [2.05, 4.69) is 5.32 Å². The first kappa shape index (κ1) is 32.1. The lowest BCUT2D eigenvalue weighted by Gasteiger charge is -2.33. The maximum atomic E-state index is 14.2. The van der Waals surface area contributed by atoms with Gasteiger partial charge < -0.3 is 15.0 Å². The third-order valence-corrected chi connectivity index (χ3v) is 9.68. The van der Waals surface area contributed by atoms with Crippen LogP contribution in [0.1, 0.15) is 57.1 Å². The molecule has 0 bridgehead atoms. The molecule has 2 amide bonds. The summed E-state index contributed by atoms with van der Waals surface area (Å²) >= 11 is 0. The van der Waals surface area contributed by atoms with Gasteiger partial charge in [-0.15, -0.1) is 0 Å². The van der Waals surface area contributed by atoms with Crippen LogP contribution in [-0.4, -0.2) is 56.9 Å². The lowest BCUT2D eigenvalue weighted by atomic mass is 10.1. The molecule has 0 aliphatic heterocycles. The van der Waals surface area contributed by atoms with Crippen LogP contribution in [0.15, 0.2) is 83.8 Å². The molecule has 1 atom stereocenters. The first-order chi connectivity index (χ1) is 20.7. The van der Waals surface area contributed by atoms with Gasteiger partial charge in [0.2, 0.25) is 11.8 Å². The minimum atomic E-state index is -4.12. The molecule has 0 radical (unpaired) electrons. The molecule has 1 fully saturated rings. The fourth-order valence-electron chi connectivity index (χ4n) is 5.50. The minimum Gasteiger partial charge on any atom is -0.494 e. The molecule has 0 aromatic heterocycles. The summed E-state index contributed by atoms with van der Waals surface area (Å²) in [6.07, 6.45) is 4.96. The monoisotopic (exact) mass is 605 g/mol. The van der Waals surface area contributed by atoms with Gasteiger partial charge in [-0.25, -0.2) is 8.42 Å². The van der Waals surface area contributed by atoms with E-state index >= 15 is 0 Å². The quantitative estimate of drug-likeness (QED) is 0.262. The van der Waals surface area contributed by atoms with Crippen LogP contribution in [0.25, 0.3) is 0 Å². The SMILES string of the molecule is CCOc1ccc(N(CC(=O)N(CCc2ccccc2)C(CC)C(=O)NC2CCCC2)S(=O)(=O)c2ccc(C)cc2)cc1. The highest BCUT2D eigenvalue weighted by molar-refractivity contribution is 7.92. The fraction of sp³-hybridized carbons (Fsp3) is 0.412. The number of amides is 2. The van der Waals surface area contributed by atoms with Crippen molar-refractivity contribution in [3.63, 3.8) is 0 Å². The average molecular weight is 606 g/mol. The number of sulfonamides is 1. The number of carbonyl (C=O) groups is 2. The maximum Gasteiger partial charge on any atom is 0.264 e. The lowest BCUT2D eigenvalue weighted by molar-refractivity contribution is -0.139. The minimum absolute atomic E-state index is 0.0849. The number of hydrogen-bond donors (Lipinski definition) is 1. The van der Waals surface area contributed by atoms with E-state index in [1.165, 1.54) is 0 Å². The second-order valence-electron chi connectivity index (χ2n) is 11.0. The molecule has 1 N–H and O–H groups in total. The van der Waals surface area contributed by atoms with Crippen LogP contribution in [-0.2, 0) is 26.0 Å². The van der Waals surface area contributed by atoms with E-state index < -0.39 is 28.5 Å². The van der Waals surface area contributed by atoms with E-state index in [9.17, 15) is 18.0 Å². The van der Waals surface area contributed by atoms with E-state index in [0.717, 1.165) is 41.1 Å². The van der Waals surface area contributed by atoms with Crippen molar-refractivity contribution in [2.24, 2.45) is 0 Å². The summed E-state index contributed by atoms with van der Waals surface area (Å²) in [4.78, 5) is 29.4. The predicted octanol–water partition coefficient (Wildman–Crippen LogP) is 5.50. The smallest absolute Gasteiger partial charge is 0.264 e. The normalized spacial score (nSPS) is 14.2. The van der Waals surface area contributed by atoms with Crippen molar-refractivity contribution in [2.75, 3.05) is 24.0 Å². The van der Waals surface area contributed by atoms with Gasteiger partial charge in [-0.1, -0.05) is 67.8 Å². The van der Waals surface area contributed by atoms with Crippen molar-refractivity contribution in [3.05, 3.63) is 90.0 Å². The zero-order valence-electron chi connectivity index (χ0n) is 25.4. The summed E-state index contributed by atoms with van der Waals surface area (Å²) in [7, 11) is -4.12. The standard InChI is InChI=1S/C34H43N3O5S/c1-4-32(34(39)35-28-13-9-10-14-28)36(24-23-27-11-7-6-8-12-27)33(38)25-37(29-17-19-30(20-18-29)42-5-2)43(40,41)31-21-15-26(3)16-22-31/h6-8,11-12,15-22,28,32H,4-5,9-10,13-14,23-25H2,1-3H3,(H,35,39). The fourth-order valence-corrected chi connectivity index (χ4v) is 6.92. The topological polar surface area (TPSA) is 96.0 Å². The van der Waals surface area contributed by atoms with Crippen LogP contribution in [0, 0.1) is 6.92 Å². The molecule has 0 saturated heterocycles. The van der Waals surface area contributed by atoms with Gasteiger partial charge in [-0.3, -0.25) is 13.9 Å². The Balaban J connectivity index is 1.67. The largest absolute Gasteiger partial charge is 0.494 e. The number of nitrogens with one attached hydrogen (secondary N) is 1. The number of anilines is 1. The predicted molar refractivity (Wildman–Crippen MR) is 170 cm³/mol. The summed E-state index contributed by atoms with van der Waals surface area (Å²) in [6.45, 7) is 5.94. The number of benzene rings is 3. The summed E-state index contributed by atoms with van der Waals surface area (Å²) in [6, 6.07) is 22.4. The van der Waals surface area contributed by atoms with Gasteiger partial charge in [-0.2, -0.15) is 0 Å². The Morgan fingerprint density at radius 3 is 2.19 bits per heavy atom. The third-order valence-electron chi connectivity index (χ3n) is 7.90. The van der Waals surface area contributed by atoms with E-state index in [4.69, 9.17) is 4.74 Å². The highest BCUT2D eigenvalue weighted by atomic mass is 32.2. The van der Waals surface area contributed by atoms with Crippen LogP contribution in [0.5, 0.6) is 5.75 Å². The van der Waals surface area contributed by atoms with Crippen LogP contribution in [0.4, 0.5) is 5.69 Å². The molecule has 9 heteroatoms. The molecule has 0 heterocycles. The van der Waals surface area contributed by atoms with E-state index in [-0.39, 0.29) is 23.4 Å². The molecule has 230 valence electrons. The third kappa shape index (κ3) is 8.38. The maximum absolute atomic E-state index is 14.2. The van der Waals surface area contributed by atoms with Crippen molar-refractivity contribution >= 4 is 27.5 Å². The lowest BCUT2D eigenvalue weighted by Crippen LogP contribution is -2.54. The van der Waals surface area contributed by atoms with Crippen molar-refractivity contribution in [1.29, 1.82) is 0 Å². The molecule has 3 aromatic rings. The number of aryl methyl sites for hydroxylation is 1. The molecule has 8 nitrogen and oxygen atoms in total. The zero-order chi connectivity index (χ0) is 30.8. The molecular weight excluding hydrogens is 562 g/mol. The van der Waals surface area contributed by atoms with Crippen molar-refractivity contribution < 1.29 is 22.7 Å². The van der Waals surface area contributed by atoms with Crippen LogP contribution in [0.2, 0.25) is 0 Å². The van der Waals surface area contributed by atoms with E-state index in [1.54, 1.807) is 53.4 Å². The van der Waals surface area contributed by atoms with Gasteiger partial charge in [0, 0.05) is 12.6 Å². The van der Waals surface area contributed by atoms with E-state index in [0.29, 0.717) is 30.9 Å². The van der Waals surface area contributed by atoms with Crippen LogP contribution in [0.3, 0.4) is 0 Å². The first-order valence-corrected chi connectivity index (χ1v) is 16.6. The van der Waals surface area contributed by atoms with Gasteiger partial charge in [-0.05, 0) is 81.5 Å². The van der Waals surface area contributed by atoms with Crippen LogP contribution >= 0.6 is 0 Å². The molecule has 0 spiro atoms. The number of ether oxygens (including phenoxy) is 1. The molecule has 3 aromatic carbocycles. The Hall–Kier alpha value is -3.85. The molecule has 1 saturated carbocycles. The summed E-state index contributed by atoms with van der Waals surface area (Å²) < 4.78 is 34.8. The Bertz CT molecular complexity index is 1440. The highest BCUT2D eigenvalue weighted by Gasteiger charge is 2.34. The molecule has 4 rings (SSSR count). The Labute approximate surface area is 256 Å². The molecule has 1 unspecified atom stereocenters. The number of rotatable bonds is 14. The Morgan fingerprint density at radius 2 is 1.58 bits per heavy atom. The molecule has 1 aliphatic rings. The second kappa shape index (κ2) is 15.0. The van der Waals surface area contributed by atoms with Gasteiger partial charge >= 0.3 is 0 Å². The molecule has 1 aliphatic carbocycles. The van der Waals surface area contributed by atoms with Crippen LogP contribution < -0.4 is 14.4 Å². The van der Waals surface area contributed by atoms with Crippen molar-refractivity contribution in [1.82, 2.24) is 10.2 Å². The van der Waals surface area contributed by atoms with E-state index in [1.807, 2.05) is 51.1 Å². The summed E-state index contributed by atoms with van der Waals surface area (Å²) in [5.41, 5.74) is 2.29. The van der Waals surface area contributed by atoms with Crippen molar-refractivity contribution in [3.8, 4) is 5.75 Å². The van der Waals surface area contributed by atoms with Crippen molar-refractivity contribution in [2.45, 2.75) is 76.3 Å². The van der Waals surface area contributed by atoms with Gasteiger partial charge in [0.25, 0.3) is 10.0 Å². The second-order valence-corrected chi connectivity index (χ2v) is 12.9. The average Bonchev–Trinajstić information content (AvgIpc) is 3.52.